The molecule has 1 amide bonds. The SMILES string of the molecule is CCn1nc(C)cc(C(=O)N2CCNCC2)c1=O. The number of aromatic nitrogens is 2. The van der Waals surface area contributed by atoms with Crippen LogP contribution in [-0.2, 0) is 6.54 Å². The topological polar surface area (TPSA) is 67.2 Å². The Hall–Kier alpha value is -1.69. The maximum Gasteiger partial charge on any atom is 0.279 e. The van der Waals surface area contributed by atoms with E-state index in [4.69, 9.17) is 0 Å². The number of piperazine rings is 1. The summed E-state index contributed by atoms with van der Waals surface area (Å²) in [5.41, 5.74) is 0.618. The summed E-state index contributed by atoms with van der Waals surface area (Å²) in [6.45, 7) is 6.95. The number of amides is 1. The quantitative estimate of drug-likeness (QED) is 0.777. The smallest absolute Gasteiger partial charge is 0.279 e. The van der Waals surface area contributed by atoms with Crippen LogP contribution in [0.4, 0.5) is 0 Å². The Balaban J connectivity index is 2.35. The molecule has 6 nitrogen and oxygen atoms in total. The van der Waals surface area contributed by atoms with Crippen molar-refractivity contribution in [1.82, 2.24) is 20.0 Å². The molecule has 1 aromatic heterocycles. The van der Waals surface area contributed by atoms with Gasteiger partial charge in [0.25, 0.3) is 11.5 Å². The molecule has 1 saturated heterocycles. The highest BCUT2D eigenvalue weighted by Gasteiger charge is 2.21. The molecule has 2 heterocycles. The first-order chi connectivity index (χ1) is 8.63. The van der Waals surface area contributed by atoms with Crippen LogP contribution < -0.4 is 10.9 Å². The van der Waals surface area contributed by atoms with Crippen molar-refractivity contribution in [2.45, 2.75) is 20.4 Å². The van der Waals surface area contributed by atoms with E-state index < -0.39 is 0 Å². The molecular weight excluding hydrogens is 232 g/mol. The van der Waals surface area contributed by atoms with Gasteiger partial charge in [0.2, 0.25) is 0 Å². The van der Waals surface area contributed by atoms with Crippen LogP contribution in [0.3, 0.4) is 0 Å². The van der Waals surface area contributed by atoms with Crippen LogP contribution in [0.5, 0.6) is 0 Å². The Kier molecular flexibility index (Phi) is 3.76. The first kappa shape index (κ1) is 12.8. The predicted molar refractivity (Wildman–Crippen MR) is 67.7 cm³/mol. The molecule has 2 rings (SSSR count). The molecule has 1 aromatic rings. The van der Waals surface area contributed by atoms with Crippen molar-refractivity contribution >= 4 is 5.91 Å². The van der Waals surface area contributed by atoms with Crippen LogP contribution in [0.25, 0.3) is 0 Å². The lowest BCUT2D eigenvalue weighted by molar-refractivity contribution is 0.0732. The zero-order valence-electron chi connectivity index (χ0n) is 10.8. The number of nitrogens with zero attached hydrogens (tertiary/aromatic N) is 3. The van der Waals surface area contributed by atoms with E-state index in [1.54, 1.807) is 17.9 Å². The van der Waals surface area contributed by atoms with Gasteiger partial charge in [-0.3, -0.25) is 9.59 Å². The summed E-state index contributed by atoms with van der Waals surface area (Å²) in [4.78, 5) is 26.1. The molecule has 0 saturated carbocycles. The van der Waals surface area contributed by atoms with E-state index in [1.165, 1.54) is 4.68 Å². The van der Waals surface area contributed by atoms with Gasteiger partial charge < -0.3 is 10.2 Å². The third-order valence-corrected chi connectivity index (χ3v) is 3.03. The van der Waals surface area contributed by atoms with Crippen LogP contribution in [0.2, 0.25) is 0 Å². The van der Waals surface area contributed by atoms with E-state index in [-0.39, 0.29) is 17.0 Å². The minimum atomic E-state index is -0.299. The number of carbonyl (C=O) groups excluding carboxylic acids is 1. The van der Waals surface area contributed by atoms with E-state index in [9.17, 15) is 9.59 Å². The number of rotatable bonds is 2. The third-order valence-electron chi connectivity index (χ3n) is 3.03. The molecule has 1 fully saturated rings. The highest BCUT2D eigenvalue weighted by Crippen LogP contribution is 2.03. The van der Waals surface area contributed by atoms with Crippen molar-refractivity contribution in [2.24, 2.45) is 0 Å². The lowest BCUT2D eigenvalue weighted by atomic mass is 10.2. The molecule has 0 unspecified atom stereocenters. The van der Waals surface area contributed by atoms with Gasteiger partial charge in [0.15, 0.2) is 0 Å². The number of hydrogen-bond donors (Lipinski definition) is 1. The molecule has 1 aliphatic heterocycles. The first-order valence-corrected chi connectivity index (χ1v) is 6.22. The van der Waals surface area contributed by atoms with E-state index in [0.29, 0.717) is 25.3 Å². The van der Waals surface area contributed by atoms with E-state index in [0.717, 1.165) is 13.1 Å². The maximum absolute atomic E-state index is 12.3. The van der Waals surface area contributed by atoms with Crippen LogP contribution in [-0.4, -0.2) is 46.8 Å². The zero-order valence-corrected chi connectivity index (χ0v) is 10.8. The van der Waals surface area contributed by atoms with E-state index >= 15 is 0 Å². The largest absolute Gasteiger partial charge is 0.336 e. The number of aryl methyl sites for hydroxylation is 2. The van der Waals surface area contributed by atoms with Gasteiger partial charge in [0.05, 0.1) is 5.69 Å². The molecular formula is C12H18N4O2. The van der Waals surface area contributed by atoms with Crippen LogP contribution in [0.1, 0.15) is 23.0 Å². The van der Waals surface area contributed by atoms with Gasteiger partial charge in [-0.05, 0) is 19.9 Å². The Bertz CT molecular complexity index is 503. The normalized spacial score (nSPS) is 15.8. The summed E-state index contributed by atoms with van der Waals surface area (Å²) >= 11 is 0. The first-order valence-electron chi connectivity index (χ1n) is 6.22. The molecule has 98 valence electrons. The predicted octanol–water partition coefficient (Wildman–Crippen LogP) is -0.383. The summed E-state index contributed by atoms with van der Waals surface area (Å²) in [5.74, 6) is -0.186. The summed E-state index contributed by atoms with van der Waals surface area (Å²) in [7, 11) is 0. The van der Waals surface area contributed by atoms with Gasteiger partial charge in [-0.25, -0.2) is 4.68 Å². The molecule has 1 N–H and O–H groups in total. The van der Waals surface area contributed by atoms with Gasteiger partial charge in [-0.15, -0.1) is 0 Å². The van der Waals surface area contributed by atoms with Crippen LogP contribution in [0.15, 0.2) is 10.9 Å². The van der Waals surface area contributed by atoms with Crippen molar-refractivity contribution in [3.05, 3.63) is 27.7 Å². The standard InChI is InChI=1S/C12H18N4O2/c1-3-16-12(18)10(8-9(2)14-16)11(17)15-6-4-13-5-7-15/h8,13H,3-7H2,1-2H3. The van der Waals surface area contributed by atoms with E-state index in [1.807, 2.05) is 6.92 Å². The molecule has 0 spiro atoms. The van der Waals surface area contributed by atoms with Gasteiger partial charge in [0.1, 0.15) is 5.56 Å². The molecule has 0 atom stereocenters. The minimum absolute atomic E-state index is 0.186. The van der Waals surface area contributed by atoms with Crippen LogP contribution >= 0.6 is 0 Å². The van der Waals surface area contributed by atoms with Gasteiger partial charge in [0, 0.05) is 32.7 Å². The molecule has 18 heavy (non-hydrogen) atoms. The molecule has 1 aliphatic rings. The zero-order chi connectivity index (χ0) is 13.1. The molecule has 0 radical (unpaired) electrons. The summed E-state index contributed by atoms with van der Waals surface area (Å²) in [5, 5.41) is 7.28. The minimum Gasteiger partial charge on any atom is -0.336 e. The Morgan fingerprint density at radius 3 is 2.72 bits per heavy atom. The fraction of sp³-hybridized carbons (Fsp3) is 0.583. The highest BCUT2D eigenvalue weighted by molar-refractivity contribution is 5.94. The van der Waals surface area contributed by atoms with Crippen molar-refractivity contribution in [2.75, 3.05) is 26.2 Å². The second-order valence-corrected chi connectivity index (χ2v) is 4.36. The van der Waals surface area contributed by atoms with Gasteiger partial charge in [-0.2, -0.15) is 5.10 Å². The summed E-state index contributed by atoms with van der Waals surface area (Å²) in [6, 6.07) is 1.58. The van der Waals surface area contributed by atoms with Crippen LogP contribution in [0, 0.1) is 6.92 Å². The number of nitrogens with one attached hydrogen (secondary N) is 1. The van der Waals surface area contributed by atoms with Crippen molar-refractivity contribution < 1.29 is 4.79 Å². The maximum atomic E-state index is 12.3. The average molecular weight is 250 g/mol. The average Bonchev–Trinajstić information content (AvgIpc) is 2.41. The van der Waals surface area contributed by atoms with E-state index in [2.05, 4.69) is 10.4 Å². The lowest BCUT2D eigenvalue weighted by Gasteiger charge is -2.27. The number of carbonyl (C=O) groups is 1. The number of hydrogen-bond acceptors (Lipinski definition) is 4. The molecule has 0 bridgehead atoms. The molecule has 6 heteroatoms. The fourth-order valence-electron chi connectivity index (χ4n) is 2.08. The Morgan fingerprint density at radius 2 is 2.11 bits per heavy atom. The van der Waals surface area contributed by atoms with Crippen molar-refractivity contribution in [1.29, 1.82) is 0 Å². The van der Waals surface area contributed by atoms with Gasteiger partial charge >= 0.3 is 0 Å². The summed E-state index contributed by atoms with van der Waals surface area (Å²) < 4.78 is 1.34. The molecule has 0 aromatic carbocycles. The Labute approximate surface area is 106 Å². The lowest BCUT2D eigenvalue weighted by Crippen LogP contribution is -2.48. The second kappa shape index (κ2) is 5.30. The fourth-order valence-corrected chi connectivity index (χ4v) is 2.08. The Morgan fingerprint density at radius 1 is 1.44 bits per heavy atom. The molecule has 0 aliphatic carbocycles. The third kappa shape index (κ3) is 2.43. The summed E-state index contributed by atoms with van der Waals surface area (Å²) in [6.07, 6.45) is 0. The van der Waals surface area contributed by atoms with Crippen molar-refractivity contribution in [3.63, 3.8) is 0 Å². The van der Waals surface area contributed by atoms with Crippen molar-refractivity contribution in [3.8, 4) is 0 Å². The van der Waals surface area contributed by atoms with Gasteiger partial charge in [-0.1, -0.05) is 0 Å². The highest BCUT2D eigenvalue weighted by atomic mass is 16.2. The second-order valence-electron chi connectivity index (χ2n) is 4.36. The monoisotopic (exact) mass is 250 g/mol.